The van der Waals surface area contributed by atoms with E-state index in [-0.39, 0.29) is 41.8 Å². The number of alkyl halides is 2. The Morgan fingerprint density at radius 3 is 2.56 bits per heavy atom. The van der Waals surface area contributed by atoms with Crippen LogP contribution in [-0.2, 0) is 9.53 Å². The van der Waals surface area contributed by atoms with Crippen LogP contribution in [0.2, 0.25) is 0 Å². The van der Waals surface area contributed by atoms with Crippen molar-refractivity contribution < 1.29 is 37.3 Å². The Balaban J connectivity index is 1.70. The van der Waals surface area contributed by atoms with Crippen molar-refractivity contribution >= 4 is 17.4 Å². The molecule has 1 fully saturated rings. The number of halogens is 2. The molecule has 0 aliphatic heterocycles. The van der Waals surface area contributed by atoms with Crippen LogP contribution < -0.4 is 14.2 Å². The summed E-state index contributed by atoms with van der Waals surface area (Å²) >= 11 is 0. The molecule has 4 rings (SSSR count). The molecule has 1 aliphatic rings. The highest BCUT2D eigenvalue weighted by atomic mass is 19.3. The number of ether oxygens (including phenoxy) is 4. The molecule has 0 spiro atoms. The normalized spacial score (nSPS) is 13.6. The molecule has 1 aromatic carbocycles. The fourth-order valence-electron chi connectivity index (χ4n) is 3.93. The molecule has 36 heavy (non-hydrogen) atoms. The molecular formula is C26H28F2N2O6. The topological polar surface area (TPSA) is 88.4 Å². The highest BCUT2D eigenvalue weighted by Gasteiger charge is 2.32. The van der Waals surface area contributed by atoms with Crippen LogP contribution in [0.4, 0.5) is 8.78 Å². The van der Waals surface area contributed by atoms with Crippen molar-refractivity contribution in [3.63, 3.8) is 0 Å². The molecule has 0 unspecified atom stereocenters. The number of esters is 1. The lowest BCUT2D eigenvalue weighted by atomic mass is 10.00. The second-order valence-corrected chi connectivity index (χ2v) is 9.07. The van der Waals surface area contributed by atoms with Gasteiger partial charge in [0.1, 0.15) is 28.5 Å². The average Bonchev–Trinajstić information content (AvgIpc) is 3.53. The van der Waals surface area contributed by atoms with E-state index in [2.05, 4.69) is 4.98 Å². The van der Waals surface area contributed by atoms with Crippen molar-refractivity contribution in [2.45, 2.75) is 52.2 Å². The SMILES string of the molecule is CCOC(=O)C(C)(C)Oc1ccn2c(-c3cc(OC)c(C(=O)CC4CC4)c(OC(F)F)c3)cnc2c1. The number of nitrogens with zero attached hydrogens (tertiary/aromatic N) is 2. The van der Waals surface area contributed by atoms with Gasteiger partial charge in [-0.15, -0.1) is 0 Å². The molecule has 1 saturated carbocycles. The zero-order valence-corrected chi connectivity index (χ0v) is 20.5. The first-order chi connectivity index (χ1) is 17.1. The van der Waals surface area contributed by atoms with Crippen molar-refractivity contribution in [3.8, 4) is 28.5 Å². The summed E-state index contributed by atoms with van der Waals surface area (Å²) in [7, 11) is 1.38. The molecule has 0 bridgehead atoms. The lowest BCUT2D eigenvalue weighted by Crippen LogP contribution is -2.39. The van der Waals surface area contributed by atoms with E-state index >= 15 is 0 Å². The number of fused-ring (bicyclic) bond motifs is 1. The predicted molar refractivity (Wildman–Crippen MR) is 127 cm³/mol. The molecule has 0 N–H and O–H groups in total. The van der Waals surface area contributed by atoms with E-state index in [1.807, 2.05) is 0 Å². The number of imidazole rings is 1. The number of Topliss-reactive ketones (excluding diaryl/α,β-unsaturated/α-hetero) is 1. The maximum atomic E-state index is 13.2. The van der Waals surface area contributed by atoms with E-state index in [1.54, 1.807) is 55.8 Å². The van der Waals surface area contributed by atoms with Gasteiger partial charge in [0.25, 0.3) is 0 Å². The number of methoxy groups -OCH3 is 1. The van der Waals surface area contributed by atoms with Gasteiger partial charge in [0, 0.05) is 24.2 Å². The van der Waals surface area contributed by atoms with Gasteiger partial charge in [-0.3, -0.25) is 9.20 Å². The van der Waals surface area contributed by atoms with Crippen LogP contribution in [0.1, 0.15) is 50.4 Å². The molecule has 0 saturated heterocycles. The van der Waals surface area contributed by atoms with Gasteiger partial charge in [0.15, 0.2) is 11.4 Å². The third-order valence-electron chi connectivity index (χ3n) is 5.87. The van der Waals surface area contributed by atoms with Gasteiger partial charge >= 0.3 is 12.6 Å². The average molecular weight is 503 g/mol. The molecule has 192 valence electrons. The first-order valence-corrected chi connectivity index (χ1v) is 11.7. The van der Waals surface area contributed by atoms with Gasteiger partial charge in [-0.1, -0.05) is 0 Å². The van der Waals surface area contributed by atoms with Crippen molar-refractivity contribution in [2.24, 2.45) is 5.92 Å². The predicted octanol–water partition coefficient (Wildman–Crippen LogP) is 5.31. The number of ketones is 1. The summed E-state index contributed by atoms with van der Waals surface area (Å²) < 4.78 is 49.3. The van der Waals surface area contributed by atoms with E-state index in [0.29, 0.717) is 22.7 Å². The van der Waals surface area contributed by atoms with Crippen molar-refractivity contribution in [2.75, 3.05) is 13.7 Å². The van der Waals surface area contributed by atoms with Crippen LogP contribution >= 0.6 is 0 Å². The summed E-state index contributed by atoms with van der Waals surface area (Å²) in [5, 5.41) is 0. The molecule has 3 aromatic rings. The van der Waals surface area contributed by atoms with Crippen molar-refractivity contribution in [1.29, 1.82) is 0 Å². The molecule has 2 heterocycles. The Morgan fingerprint density at radius 1 is 1.19 bits per heavy atom. The van der Waals surface area contributed by atoms with Crippen LogP contribution in [0.15, 0.2) is 36.7 Å². The minimum Gasteiger partial charge on any atom is -0.496 e. The number of aromatic nitrogens is 2. The smallest absolute Gasteiger partial charge is 0.387 e. The minimum atomic E-state index is -3.11. The standard InChI is InChI=1S/C26H28F2N2O6/c1-5-34-24(32)26(2,3)36-17-8-9-30-18(14-29-22(30)13-17)16-11-20(33-4)23(19(31)10-15-6-7-15)21(12-16)35-25(27)28/h8-9,11-15,25H,5-7,10H2,1-4H3. The Morgan fingerprint density at radius 2 is 1.92 bits per heavy atom. The van der Waals surface area contributed by atoms with Gasteiger partial charge in [-0.2, -0.15) is 8.78 Å². The van der Waals surface area contributed by atoms with Gasteiger partial charge in [0.2, 0.25) is 0 Å². The first kappa shape index (κ1) is 25.4. The number of pyridine rings is 1. The Hall–Kier alpha value is -3.69. The molecule has 2 aromatic heterocycles. The first-order valence-electron chi connectivity index (χ1n) is 11.7. The highest BCUT2D eigenvalue weighted by molar-refractivity contribution is 6.02. The van der Waals surface area contributed by atoms with Crippen molar-refractivity contribution in [3.05, 3.63) is 42.2 Å². The third-order valence-corrected chi connectivity index (χ3v) is 5.87. The molecule has 10 heteroatoms. The minimum absolute atomic E-state index is 0.0131. The van der Waals surface area contributed by atoms with Crippen LogP contribution in [-0.4, -0.2) is 47.1 Å². The summed E-state index contributed by atoms with van der Waals surface area (Å²) in [6.07, 6.45) is 5.39. The maximum absolute atomic E-state index is 13.2. The second-order valence-electron chi connectivity index (χ2n) is 9.07. The number of benzene rings is 1. The number of carbonyl (C=O) groups excluding carboxylic acids is 2. The summed E-state index contributed by atoms with van der Waals surface area (Å²) in [4.78, 5) is 29.4. The second kappa shape index (κ2) is 10.1. The van der Waals surface area contributed by atoms with Crippen LogP contribution in [0, 0.1) is 5.92 Å². The molecule has 8 nitrogen and oxygen atoms in total. The zero-order chi connectivity index (χ0) is 26.0. The molecule has 0 radical (unpaired) electrons. The molecular weight excluding hydrogens is 474 g/mol. The Kier molecular flexibility index (Phi) is 7.14. The molecule has 1 aliphatic carbocycles. The monoisotopic (exact) mass is 502 g/mol. The van der Waals surface area contributed by atoms with Gasteiger partial charge in [0.05, 0.1) is 25.6 Å². The zero-order valence-electron chi connectivity index (χ0n) is 20.5. The van der Waals surface area contributed by atoms with E-state index in [9.17, 15) is 18.4 Å². The summed E-state index contributed by atoms with van der Waals surface area (Å²) in [6, 6.07) is 6.30. The summed E-state index contributed by atoms with van der Waals surface area (Å²) in [5.74, 6) is -0.205. The summed E-state index contributed by atoms with van der Waals surface area (Å²) in [5.41, 5.74) is 0.324. The van der Waals surface area contributed by atoms with E-state index in [4.69, 9.17) is 18.9 Å². The number of hydrogen-bond donors (Lipinski definition) is 0. The largest absolute Gasteiger partial charge is 0.496 e. The van der Waals surface area contributed by atoms with Crippen LogP contribution in [0.5, 0.6) is 17.2 Å². The van der Waals surface area contributed by atoms with Crippen LogP contribution in [0.25, 0.3) is 16.9 Å². The van der Waals surface area contributed by atoms with Gasteiger partial charge in [-0.25, -0.2) is 9.78 Å². The molecule has 0 atom stereocenters. The quantitative estimate of drug-likeness (QED) is 0.259. The third kappa shape index (κ3) is 5.42. The number of rotatable bonds is 11. The van der Waals surface area contributed by atoms with Crippen LogP contribution in [0.3, 0.4) is 0 Å². The fourth-order valence-corrected chi connectivity index (χ4v) is 3.93. The Bertz CT molecular complexity index is 1280. The van der Waals surface area contributed by atoms with E-state index in [1.165, 1.54) is 13.2 Å². The number of hydrogen-bond acceptors (Lipinski definition) is 7. The van der Waals surface area contributed by atoms with E-state index < -0.39 is 18.2 Å². The summed E-state index contributed by atoms with van der Waals surface area (Å²) in [6.45, 7) is 2.06. The Labute approximate surface area is 207 Å². The number of carbonyl (C=O) groups is 2. The molecule has 0 amide bonds. The lowest BCUT2D eigenvalue weighted by Gasteiger charge is -2.24. The van der Waals surface area contributed by atoms with E-state index in [0.717, 1.165) is 12.8 Å². The lowest BCUT2D eigenvalue weighted by molar-refractivity contribution is -0.158. The van der Waals surface area contributed by atoms with Gasteiger partial charge < -0.3 is 18.9 Å². The fraction of sp³-hybridized carbons (Fsp3) is 0.423. The maximum Gasteiger partial charge on any atom is 0.387 e. The van der Waals surface area contributed by atoms with Gasteiger partial charge in [-0.05, 0) is 57.7 Å². The van der Waals surface area contributed by atoms with Crippen molar-refractivity contribution in [1.82, 2.24) is 9.38 Å². The highest BCUT2D eigenvalue weighted by Crippen LogP contribution is 2.40.